The van der Waals surface area contributed by atoms with Crippen LogP contribution in [0.2, 0.25) is 0 Å². The van der Waals surface area contributed by atoms with Gasteiger partial charge in [0.25, 0.3) is 5.56 Å². The molecule has 0 N–H and O–H groups in total. The molecule has 0 aliphatic carbocycles. The van der Waals surface area contributed by atoms with Gasteiger partial charge in [0.1, 0.15) is 12.2 Å². The van der Waals surface area contributed by atoms with E-state index in [0.29, 0.717) is 16.6 Å². The van der Waals surface area contributed by atoms with Crippen LogP contribution in [0.15, 0.2) is 9.95 Å². The summed E-state index contributed by atoms with van der Waals surface area (Å²) in [4.78, 5) is 15.1. The zero-order valence-electron chi connectivity index (χ0n) is 8.23. The molecule has 1 aromatic rings. The summed E-state index contributed by atoms with van der Waals surface area (Å²) in [6, 6.07) is 0. The zero-order valence-corrected chi connectivity index (χ0v) is 9.04. The second kappa shape index (κ2) is 5.23. The number of rotatable bonds is 3. The highest BCUT2D eigenvalue weighted by molar-refractivity contribution is 7.99. The standard InChI is InChI=1S/C10H9N3OS/c1-4-6-13-10(15-7-5-2)11-9(14)8(3)12-13/h1-2H,6-7H2,3H3. The predicted octanol–water partition coefficient (Wildman–Crippen LogP) is 0.305. The highest BCUT2D eigenvalue weighted by atomic mass is 32.2. The van der Waals surface area contributed by atoms with Gasteiger partial charge in [0.05, 0.1) is 5.75 Å². The number of thioether (sulfide) groups is 1. The quantitative estimate of drug-likeness (QED) is 0.542. The summed E-state index contributed by atoms with van der Waals surface area (Å²) in [5.74, 6) is 5.32. The Morgan fingerprint density at radius 3 is 2.80 bits per heavy atom. The summed E-state index contributed by atoms with van der Waals surface area (Å²) in [5.41, 5.74) is -0.0156. The topological polar surface area (TPSA) is 47.8 Å². The fourth-order valence-electron chi connectivity index (χ4n) is 0.895. The Morgan fingerprint density at radius 1 is 1.47 bits per heavy atom. The third kappa shape index (κ3) is 2.87. The lowest BCUT2D eigenvalue weighted by Crippen LogP contribution is -2.21. The van der Waals surface area contributed by atoms with Crippen molar-refractivity contribution < 1.29 is 0 Å². The summed E-state index contributed by atoms with van der Waals surface area (Å²) in [6.07, 6.45) is 10.3. The Bertz CT molecular complexity index is 493. The molecule has 1 aromatic heterocycles. The smallest absolute Gasteiger partial charge is 0.265 e. The van der Waals surface area contributed by atoms with Crippen LogP contribution in [0.3, 0.4) is 0 Å². The van der Waals surface area contributed by atoms with Crippen molar-refractivity contribution in [2.24, 2.45) is 0 Å². The lowest BCUT2D eigenvalue weighted by Gasteiger charge is -2.06. The van der Waals surface area contributed by atoms with Crippen molar-refractivity contribution in [2.75, 3.05) is 5.75 Å². The molecule has 76 valence electrons. The van der Waals surface area contributed by atoms with Gasteiger partial charge in [-0.3, -0.25) is 4.79 Å². The summed E-state index contributed by atoms with van der Waals surface area (Å²) in [5, 5.41) is 4.48. The molecule has 0 aliphatic rings. The first kappa shape index (κ1) is 11.4. The van der Waals surface area contributed by atoms with Crippen molar-refractivity contribution in [3.8, 4) is 24.7 Å². The highest BCUT2D eigenvalue weighted by Gasteiger charge is 2.06. The van der Waals surface area contributed by atoms with Crippen molar-refractivity contribution in [1.29, 1.82) is 0 Å². The predicted molar refractivity (Wildman–Crippen MR) is 59.4 cm³/mol. The van der Waals surface area contributed by atoms with Gasteiger partial charge < -0.3 is 0 Å². The average Bonchev–Trinajstić information content (AvgIpc) is 2.21. The van der Waals surface area contributed by atoms with E-state index in [1.807, 2.05) is 0 Å². The molecule has 0 aliphatic heterocycles. The van der Waals surface area contributed by atoms with Crippen LogP contribution in [0.4, 0.5) is 0 Å². The van der Waals surface area contributed by atoms with E-state index in [4.69, 9.17) is 12.8 Å². The second-order valence-corrected chi connectivity index (χ2v) is 3.58. The second-order valence-electron chi connectivity index (χ2n) is 2.64. The van der Waals surface area contributed by atoms with Gasteiger partial charge in [-0.1, -0.05) is 23.6 Å². The van der Waals surface area contributed by atoms with E-state index < -0.39 is 0 Å². The molecule has 0 atom stereocenters. The highest BCUT2D eigenvalue weighted by Crippen LogP contribution is 2.11. The first-order valence-corrected chi connectivity index (χ1v) is 5.13. The first-order chi connectivity index (χ1) is 7.19. The van der Waals surface area contributed by atoms with Crippen LogP contribution in [0.5, 0.6) is 0 Å². The molecule has 1 rings (SSSR count). The number of hydrogen-bond donors (Lipinski definition) is 0. The molecule has 0 amide bonds. The Morgan fingerprint density at radius 2 is 2.20 bits per heavy atom. The number of terminal acetylenes is 2. The van der Waals surface area contributed by atoms with E-state index in [9.17, 15) is 4.79 Å². The van der Waals surface area contributed by atoms with Crippen LogP contribution in [-0.4, -0.2) is 20.5 Å². The molecular formula is C10H9N3OS. The normalized spacial score (nSPS) is 9.27. The first-order valence-electron chi connectivity index (χ1n) is 4.14. The van der Waals surface area contributed by atoms with Crippen LogP contribution >= 0.6 is 11.8 Å². The third-order valence-electron chi connectivity index (χ3n) is 1.52. The minimum absolute atomic E-state index is 0.279. The molecule has 0 fully saturated rings. The van der Waals surface area contributed by atoms with Crippen molar-refractivity contribution in [3.63, 3.8) is 0 Å². The van der Waals surface area contributed by atoms with Gasteiger partial charge in [-0.25, -0.2) is 4.68 Å². The average molecular weight is 219 g/mol. The monoisotopic (exact) mass is 219 g/mol. The lowest BCUT2D eigenvalue weighted by atomic mass is 10.5. The van der Waals surface area contributed by atoms with Gasteiger partial charge in [0.2, 0.25) is 0 Å². The third-order valence-corrected chi connectivity index (χ3v) is 2.40. The van der Waals surface area contributed by atoms with E-state index in [2.05, 4.69) is 21.9 Å². The fourth-order valence-corrected chi connectivity index (χ4v) is 1.51. The van der Waals surface area contributed by atoms with Gasteiger partial charge in [0, 0.05) is 0 Å². The van der Waals surface area contributed by atoms with E-state index >= 15 is 0 Å². The number of hydrogen-bond acceptors (Lipinski definition) is 4. The van der Waals surface area contributed by atoms with Crippen LogP contribution in [0.25, 0.3) is 0 Å². The summed E-state index contributed by atoms with van der Waals surface area (Å²) in [6.45, 7) is 1.87. The molecule has 4 nitrogen and oxygen atoms in total. The van der Waals surface area contributed by atoms with Gasteiger partial charge in [-0.05, 0) is 6.92 Å². The molecule has 15 heavy (non-hydrogen) atoms. The van der Waals surface area contributed by atoms with E-state index in [-0.39, 0.29) is 12.1 Å². The maximum atomic E-state index is 11.3. The molecule has 0 saturated carbocycles. The minimum atomic E-state index is -0.345. The minimum Gasteiger partial charge on any atom is -0.265 e. The number of aryl methyl sites for hydroxylation is 1. The Hall–Kier alpha value is -1.72. The lowest BCUT2D eigenvalue weighted by molar-refractivity contribution is 0.567. The Labute approximate surface area is 92.1 Å². The summed E-state index contributed by atoms with van der Waals surface area (Å²) in [7, 11) is 0. The molecule has 0 radical (unpaired) electrons. The van der Waals surface area contributed by atoms with Crippen LogP contribution < -0.4 is 5.56 Å². The van der Waals surface area contributed by atoms with Gasteiger partial charge in [-0.15, -0.1) is 12.8 Å². The van der Waals surface area contributed by atoms with Crippen LogP contribution in [-0.2, 0) is 6.54 Å². The van der Waals surface area contributed by atoms with Crippen LogP contribution in [0.1, 0.15) is 5.69 Å². The molecule has 5 heteroatoms. The molecule has 0 spiro atoms. The fraction of sp³-hybridized carbons (Fsp3) is 0.300. The maximum Gasteiger partial charge on any atom is 0.295 e. The van der Waals surface area contributed by atoms with Crippen molar-refractivity contribution in [3.05, 3.63) is 16.0 Å². The molecule has 0 unspecified atom stereocenters. The molecule has 1 heterocycles. The van der Waals surface area contributed by atoms with E-state index in [0.717, 1.165) is 0 Å². The van der Waals surface area contributed by atoms with Crippen molar-refractivity contribution in [1.82, 2.24) is 14.8 Å². The largest absolute Gasteiger partial charge is 0.295 e. The van der Waals surface area contributed by atoms with Crippen LogP contribution in [0, 0.1) is 31.6 Å². The molecular weight excluding hydrogens is 210 g/mol. The van der Waals surface area contributed by atoms with E-state index in [1.54, 1.807) is 6.92 Å². The Kier molecular flexibility index (Phi) is 3.96. The molecule has 0 aromatic carbocycles. The molecule has 0 saturated heterocycles. The summed E-state index contributed by atoms with van der Waals surface area (Å²) < 4.78 is 1.50. The van der Waals surface area contributed by atoms with Gasteiger partial charge >= 0.3 is 0 Å². The molecule has 0 bridgehead atoms. The zero-order chi connectivity index (χ0) is 11.3. The van der Waals surface area contributed by atoms with Crippen molar-refractivity contribution >= 4 is 11.8 Å². The van der Waals surface area contributed by atoms with Gasteiger partial charge in [-0.2, -0.15) is 10.1 Å². The van der Waals surface area contributed by atoms with Crippen molar-refractivity contribution in [2.45, 2.75) is 18.6 Å². The number of nitrogens with zero attached hydrogens (tertiary/aromatic N) is 3. The van der Waals surface area contributed by atoms with E-state index in [1.165, 1.54) is 16.4 Å². The Balaban J connectivity index is 3.12. The maximum absolute atomic E-state index is 11.3. The van der Waals surface area contributed by atoms with Gasteiger partial charge in [0.15, 0.2) is 5.16 Å². The SMILES string of the molecule is C#CCSc1nc(=O)c(C)nn1CC#C. The number of aromatic nitrogens is 3. The summed E-state index contributed by atoms with van der Waals surface area (Å²) >= 11 is 1.27.